The molecular formula is C31H17F2N5S2. The quantitative estimate of drug-likeness (QED) is 0.153. The maximum atomic E-state index is 15.2. The molecule has 5 nitrogen and oxygen atoms in total. The lowest BCUT2D eigenvalue weighted by molar-refractivity contribution is 0.631. The van der Waals surface area contributed by atoms with Gasteiger partial charge in [0.2, 0.25) is 0 Å². The van der Waals surface area contributed by atoms with Gasteiger partial charge in [0.25, 0.3) is 11.4 Å². The van der Waals surface area contributed by atoms with Crippen LogP contribution in [0.5, 0.6) is 0 Å². The fourth-order valence-electron chi connectivity index (χ4n) is 4.49. The Balaban J connectivity index is 1.59. The van der Waals surface area contributed by atoms with Crippen LogP contribution in [0.3, 0.4) is 0 Å². The normalized spacial score (nSPS) is 11.8. The van der Waals surface area contributed by atoms with Gasteiger partial charge in [-0.2, -0.15) is 0 Å². The van der Waals surface area contributed by atoms with E-state index in [1.54, 1.807) is 36.4 Å². The molecule has 40 heavy (non-hydrogen) atoms. The van der Waals surface area contributed by atoms with Crippen LogP contribution in [0.25, 0.3) is 63.2 Å². The zero-order chi connectivity index (χ0) is 28.4. The highest BCUT2D eigenvalue weighted by molar-refractivity contribution is 7.30. The monoisotopic (exact) mass is 561 g/mol. The molecule has 0 bridgehead atoms. The minimum atomic E-state index is -0.445. The molecule has 0 unspecified atom stereocenters. The summed E-state index contributed by atoms with van der Waals surface area (Å²) in [6.45, 7) is 16.9. The molecule has 0 saturated carbocycles. The Hall–Kier alpha value is -5.06. The number of aryl methyl sites for hydroxylation is 1. The first-order valence-corrected chi connectivity index (χ1v) is 13.7. The number of benzene rings is 2. The Morgan fingerprint density at radius 2 is 1.27 bits per heavy atom. The Morgan fingerprint density at radius 3 is 1.62 bits per heavy atom. The molecule has 0 aliphatic heterocycles. The first-order valence-electron chi connectivity index (χ1n) is 12.0. The molecule has 2 aromatic carbocycles. The second-order valence-corrected chi connectivity index (χ2v) is 10.9. The molecule has 0 atom stereocenters. The van der Waals surface area contributed by atoms with E-state index in [0.717, 1.165) is 43.2 Å². The van der Waals surface area contributed by atoms with Crippen molar-refractivity contribution >= 4 is 55.3 Å². The first-order chi connectivity index (χ1) is 19.4. The van der Waals surface area contributed by atoms with Crippen molar-refractivity contribution in [3.8, 4) is 33.0 Å². The van der Waals surface area contributed by atoms with E-state index in [1.807, 2.05) is 12.1 Å². The van der Waals surface area contributed by atoms with Crippen molar-refractivity contribution in [3.05, 3.63) is 106 Å². The van der Waals surface area contributed by atoms with Gasteiger partial charge < -0.3 is 4.57 Å². The Morgan fingerprint density at radius 1 is 0.825 bits per heavy atom. The lowest BCUT2D eigenvalue weighted by atomic mass is 10.1. The van der Waals surface area contributed by atoms with Crippen LogP contribution in [0.15, 0.2) is 59.9 Å². The van der Waals surface area contributed by atoms with E-state index in [1.165, 1.54) is 47.0 Å². The summed E-state index contributed by atoms with van der Waals surface area (Å²) < 4.78 is 34.5. The van der Waals surface area contributed by atoms with Crippen molar-refractivity contribution in [2.24, 2.45) is 0 Å². The van der Waals surface area contributed by atoms with Crippen LogP contribution in [-0.4, -0.2) is 4.57 Å². The predicted octanol–water partition coefficient (Wildman–Crippen LogP) is 9.51. The van der Waals surface area contributed by atoms with Crippen LogP contribution in [0.1, 0.15) is 24.5 Å². The zero-order valence-electron chi connectivity index (χ0n) is 21.0. The summed E-state index contributed by atoms with van der Waals surface area (Å²) in [5.74, 6) is -0.891. The van der Waals surface area contributed by atoms with Gasteiger partial charge in [0.15, 0.2) is 0 Å². The van der Waals surface area contributed by atoms with Crippen molar-refractivity contribution in [2.45, 2.75) is 19.9 Å². The van der Waals surface area contributed by atoms with Crippen molar-refractivity contribution in [1.29, 1.82) is 10.5 Å². The SMILES string of the molecule is [C-]#[N+]/C(C#N)=C\c1ccc(-c2cc3c(s2)c2sc(-c4ccc(/C=C(\C#N)[N+]#[C-])cc4F)cc2n3CCC)c(F)c1. The molecule has 5 rings (SSSR count). The summed E-state index contributed by atoms with van der Waals surface area (Å²) in [6.07, 6.45) is 3.59. The average molecular weight is 562 g/mol. The van der Waals surface area contributed by atoms with Gasteiger partial charge in [-0.3, -0.25) is 0 Å². The second kappa shape index (κ2) is 11.0. The fourth-order valence-corrected chi connectivity index (χ4v) is 7.01. The van der Waals surface area contributed by atoms with E-state index in [4.69, 9.17) is 23.7 Å². The van der Waals surface area contributed by atoms with Crippen LogP contribution in [-0.2, 0) is 6.54 Å². The topological polar surface area (TPSA) is 61.2 Å². The standard InChI is InChI=1S/C31H17F2N5S2/c1-4-9-38-26-14-28(22-7-5-18(12-24(22)32)10-20(16-34)36-2)39-30(26)31-27(38)15-29(40-31)23-8-6-19(13-25(23)33)11-21(17-35)37-3/h5-8,10-15H,4,9H2,1H3/b20-10-,21-11+. The molecule has 0 aliphatic rings. The Bertz CT molecular complexity index is 1870. The smallest absolute Gasteiger partial charge is 0.262 e. The Labute approximate surface area is 237 Å². The molecule has 0 saturated heterocycles. The molecule has 0 N–H and O–H groups in total. The first kappa shape index (κ1) is 26.5. The minimum absolute atomic E-state index is 0.115. The predicted molar refractivity (Wildman–Crippen MR) is 157 cm³/mol. The minimum Gasteiger partial charge on any atom is -0.339 e. The van der Waals surface area contributed by atoms with E-state index in [9.17, 15) is 0 Å². The number of thiophene rings is 2. The third kappa shape index (κ3) is 4.77. The average Bonchev–Trinajstić information content (AvgIpc) is 3.63. The maximum Gasteiger partial charge on any atom is 0.262 e. The molecule has 0 fully saturated rings. The number of nitrogens with zero attached hydrogens (tertiary/aromatic N) is 5. The number of hydrogen-bond acceptors (Lipinski definition) is 4. The molecule has 0 aliphatic carbocycles. The summed E-state index contributed by atoms with van der Waals surface area (Å²) in [5, 5.41) is 18.0. The molecule has 192 valence electrons. The summed E-state index contributed by atoms with van der Waals surface area (Å²) in [4.78, 5) is 7.74. The van der Waals surface area contributed by atoms with E-state index in [-0.39, 0.29) is 11.4 Å². The van der Waals surface area contributed by atoms with Crippen LogP contribution in [0.4, 0.5) is 8.78 Å². The number of nitriles is 2. The molecule has 9 heteroatoms. The highest BCUT2D eigenvalue weighted by Gasteiger charge is 2.20. The van der Waals surface area contributed by atoms with Crippen LogP contribution >= 0.6 is 22.7 Å². The van der Waals surface area contributed by atoms with Gasteiger partial charge in [-0.05, 0) is 54.0 Å². The third-order valence-electron chi connectivity index (χ3n) is 6.25. The highest BCUT2D eigenvalue weighted by Crippen LogP contribution is 2.46. The lowest BCUT2D eigenvalue weighted by Gasteiger charge is -2.04. The Kier molecular flexibility index (Phi) is 7.28. The molecule has 0 amide bonds. The summed E-state index contributed by atoms with van der Waals surface area (Å²) in [7, 11) is 0. The summed E-state index contributed by atoms with van der Waals surface area (Å²) in [6, 6.07) is 16.8. The number of aromatic nitrogens is 1. The largest absolute Gasteiger partial charge is 0.339 e. The molecule has 3 heterocycles. The van der Waals surface area contributed by atoms with Gasteiger partial charge in [-0.15, -0.1) is 22.7 Å². The van der Waals surface area contributed by atoms with Gasteiger partial charge in [0, 0.05) is 27.4 Å². The van der Waals surface area contributed by atoms with Crippen molar-refractivity contribution in [3.63, 3.8) is 0 Å². The fraction of sp³-hybridized carbons (Fsp3) is 0.0968. The van der Waals surface area contributed by atoms with E-state index >= 15 is 8.78 Å². The zero-order valence-corrected chi connectivity index (χ0v) is 22.6. The molecular weight excluding hydrogens is 545 g/mol. The number of halogens is 2. The molecule has 0 radical (unpaired) electrons. The number of rotatable bonds is 6. The van der Waals surface area contributed by atoms with Gasteiger partial charge in [-0.1, -0.05) is 31.2 Å². The maximum absolute atomic E-state index is 15.2. The van der Waals surface area contributed by atoms with Crippen molar-refractivity contribution < 1.29 is 8.78 Å². The molecule has 5 aromatic rings. The van der Waals surface area contributed by atoms with Gasteiger partial charge in [0.1, 0.15) is 11.6 Å². The molecule has 3 aromatic heterocycles. The number of hydrogen-bond donors (Lipinski definition) is 0. The molecule has 0 spiro atoms. The second-order valence-electron chi connectivity index (χ2n) is 8.79. The van der Waals surface area contributed by atoms with Crippen LogP contribution in [0.2, 0.25) is 0 Å². The van der Waals surface area contributed by atoms with Crippen LogP contribution < -0.4 is 0 Å². The highest BCUT2D eigenvalue weighted by atomic mass is 32.1. The summed E-state index contributed by atoms with van der Waals surface area (Å²) >= 11 is 2.94. The van der Waals surface area contributed by atoms with Gasteiger partial charge in [0.05, 0.1) is 45.7 Å². The van der Waals surface area contributed by atoms with Crippen molar-refractivity contribution in [2.75, 3.05) is 0 Å². The lowest BCUT2D eigenvalue weighted by Crippen LogP contribution is -1.94. The summed E-state index contributed by atoms with van der Waals surface area (Å²) in [5.41, 5.74) is 3.49. The number of fused-ring (bicyclic) bond motifs is 3. The van der Waals surface area contributed by atoms with E-state index in [0.29, 0.717) is 22.3 Å². The number of allylic oxidation sites excluding steroid dienone is 2. The third-order valence-corrected chi connectivity index (χ3v) is 8.73. The van der Waals surface area contributed by atoms with E-state index < -0.39 is 11.6 Å². The van der Waals surface area contributed by atoms with E-state index in [2.05, 4.69) is 21.2 Å². The van der Waals surface area contributed by atoms with Crippen LogP contribution in [0, 0.1) is 47.4 Å². The van der Waals surface area contributed by atoms with Gasteiger partial charge in [-0.25, -0.2) is 29.0 Å². The van der Waals surface area contributed by atoms with Gasteiger partial charge >= 0.3 is 0 Å². The van der Waals surface area contributed by atoms with Crippen molar-refractivity contribution in [1.82, 2.24) is 4.57 Å².